The molecule has 170 valence electrons. The number of carbonyl (C=O) groups excluding carboxylic acids is 1. The van der Waals surface area contributed by atoms with Gasteiger partial charge in [0.2, 0.25) is 5.91 Å². The van der Waals surface area contributed by atoms with Crippen LogP contribution in [0.5, 0.6) is 5.75 Å². The smallest absolute Gasteiger partial charge is 0.227 e. The van der Waals surface area contributed by atoms with E-state index in [2.05, 4.69) is 49.3 Å². The number of anilines is 2. The Bertz CT molecular complexity index is 1310. The Kier molecular flexibility index (Phi) is 4.88. The van der Waals surface area contributed by atoms with Crippen LogP contribution in [0.3, 0.4) is 0 Å². The Morgan fingerprint density at radius 2 is 2.06 bits per heavy atom. The first kappa shape index (κ1) is 20.9. The Labute approximate surface area is 202 Å². The third-order valence-corrected chi connectivity index (χ3v) is 8.33. The van der Waals surface area contributed by atoms with Gasteiger partial charge in [-0.25, -0.2) is 4.21 Å². The Balaban J connectivity index is 1.28. The fourth-order valence-corrected chi connectivity index (χ4v) is 5.92. The highest BCUT2D eigenvalue weighted by atomic mass is 79.9. The van der Waals surface area contributed by atoms with Crippen molar-refractivity contribution < 1.29 is 18.3 Å². The van der Waals surface area contributed by atoms with Crippen LogP contribution < -0.4 is 14.8 Å². The van der Waals surface area contributed by atoms with E-state index >= 15 is 0 Å². The largest absolute Gasteiger partial charge is 0.495 e. The zero-order chi connectivity index (χ0) is 22.7. The molecule has 2 aromatic carbocycles. The van der Waals surface area contributed by atoms with Crippen LogP contribution in [0.1, 0.15) is 36.8 Å². The lowest BCUT2D eigenvalue weighted by Gasteiger charge is -2.24. The first-order chi connectivity index (χ1) is 16.0. The molecular formula is C24H22BrN3O4S. The summed E-state index contributed by atoms with van der Waals surface area (Å²) in [7, 11) is -0.106. The van der Waals surface area contributed by atoms with Crippen molar-refractivity contribution in [2.45, 2.75) is 42.4 Å². The molecule has 2 fully saturated rings. The van der Waals surface area contributed by atoms with E-state index in [4.69, 9.17) is 9.26 Å². The minimum atomic E-state index is -1.63. The van der Waals surface area contributed by atoms with Crippen molar-refractivity contribution in [2.24, 2.45) is 5.92 Å². The van der Waals surface area contributed by atoms with Crippen LogP contribution in [-0.4, -0.2) is 22.4 Å². The number of methoxy groups -OCH3 is 1. The monoisotopic (exact) mass is 527 g/mol. The summed E-state index contributed by atoms with van der Waals surface area (Å²) in [5.41, 5.74) is 4.04. The summed E-state index contributed by atoms with van der Waals surface area (Å²) in [5, 5.41) is 7.12. The average Bonchev–Trinajstić information content (AvgIpc) is 3.73. The van der Waals surface area contributed by atoms with Gasteiger partial charge in [0.1, 0.15) is 10.6 Å². The molecule has 0 aliphatic heterocycles. The van der Waals surface area contributed by atoms with Crippen LogP contribution in [-0.2, 0) is 27.6 Å². The summed E-state index contributed by atoms with van der Waals surface area (Å²) < 4.78 is 28.5. The summed E-state index contributed by atoms with van der Waals surface area (Å²) in [6, 6.07) is 11.4. The number of hydrogen-bond acceptors (Lipinski definition) is 5. The SMILES string of the molecule is COc1cc(NC(=O)C2CC2)ccc1S(=O)Nc1noc2c1CC1(CC1)c1ccc(Br)cc1-2. The van der Waals surface area contributed by atoms with E-state index in [9.17, 15) is 9.00 Å². The third kappa shape index (κ3) is 3.67. The maximum atomic E-state index is 13.2. The van der Waals surface area contributed by atoms with Gasteiger partial charge >= 0.3 is 0 Å². The van der Waals surface area contributed by atoms with E-state index in [1.807, 2.05) is 0 Å². The van der Waals surface area contributed by atoms with Gasteiger partial charge in [0.05, 0.1) is 7.11 Å². The normalized spacial score (nSPS) is 18.2. The molecule has 2 saturated carbocycles. The first-order valence-corrected chi connectivity index (χ1v) is 12.9. The summed E-state index contributed by atoms with van der Waals surface area (Å²) in [4.78, 5) is 12.5. The standard InChI is InChI=1S/C24H22BrN3O4S/c1-31-19-11-15(26-23(29)13-2-3-13)5-7-20(19)33(30)28-22-17-12-24(8-9-24)18-6-4-14(25)10-16(18)21(17)32-27-22/h4-7,10-11,13H,2-3,8-9,12H2,1H3,(H,26,29)(H,27,28). The number of hydrogen-bond donors (Lipinski definition) is 2. The number of aromatic nitrogens is 1. The van der Waals surface area contributed by atoms with Crippen molar-refractivity contribution in [3.63, 3.8) is 0 Å². The molecule has 7 nitrogen and oxygen atoms in total. The van der Waals surface area contributed by atoms with Gasteiger partial charge < -0.3 is 14.6 Å². The first-order valence-electron chi connectivity index (χ1n) is 10.9. The maximum absolute atomic E-state index is 13.2. The summed E-state index contributed by atoms with van der Waals surface area (Å²) >= 11 is 3.56. The number of nitrogens with zero attached hydrogens (tertiary/aromatic N) is 1. The van der Waals surface area contributed by atoms with Crippen LogP contribution in [0, 0.1) is 5.92 Å². The molecule has 33 heavy (non-hydrogen) atoms. The zero-order valence-corrected chi connectivity index (χ0v) is 20.3. The van der Waals surface area contributed by atoms with E-state index in [1.165, 1.54) is 12.7 Å². The number of rotatable bonds is 6. The number of benzene rings is 2. The molecular weight excluding hydrogens is 506 g/mol. The highest BCUT2D eigenvalue weighted by Crippen LogP contribution is 2.58. The van der Waals surface area contributed by atoms with Crippen molar-refractivity contribution in [3.8, 4) is 17.1 Å². The minimum Gasteiger partial charge on any atom is -0.495 e. The Hall–Kier alpha value is -2.65. The number of amides is 1. The van der Waals surface area contributed by atoms with Crippen LogP contribution in [0.2, 0.25) is 0 Å². The Morgan fingerprint density at radius 3 is 2.79 bits per heavy atom. The van der Waals surface area contributed by atoms with Crippen LogP contribution in [0.15, 0.2) is 50.3 Å². The van der Waals surface area contributed by atoms with E-state index in [0.29, 0.717) is 22.2 Å². The quantitative estimate of drug-likeness (QED) is 0.460. The van der Waals surface area contributed by atoms with Gasteiger partial charge in [-0.2, -0.15) is 0 Å². The van der Waals surface area contributed by atoms with Gasteiger partial charge in [-0.15, -0.1) is 0 Å². The van der Waals surface area contributed by atoms with Gasteiger partial charge in [0.25, 0.3) is 0 Å². The van der Waals surface area contributed by atoms with Crippen molar-refractivity contribution in [1.29, 1.82) is 0 Å². The van der Waals surface area contributed by atoms with Crippen molar-refractivity contribution in [1.82, 2.24) is 5.16 Å². The molecule has 3 aliphatic carbocycles. The molecule has 1 amide bonds. The van der Waals surface area contributed by atoms with E-state index in [1.54, 1.807) is 18.2 Å². The lowest BCUT2D eigenvalue weighted by Crippen LogP contribution is -2.18. The molecule has 0 bridgehead atoms. The van der Waals surface area contributed by atoms with Crippen LogP contribution in [0.25, 0.3) is 11.3 Å². The lowest BCUT2D eigenvalue weighted by atomic mass is 9.79. The molecule has 1 spiro atoms. The van der Waals surface area contributed by atoms with Crippen LogP contribution >= 0.6 is 15.9 Å². The topological polar surface area (TPSA) is 93.5 Å². The molecule has 1 heterocycles. The lowest BCUT2D eigenvalue weighted by molar-refractivity contribution is -0.117. The fraction of sp³-hybridized carbons (Fsp3) is 0.333. The molecule has 1 unspecified atom stereocenters. The number of fused-ring (bicyclic) bond motifs is 4. The number of carbonyl (C=O) groups is 1. The molecule has 1 atom stereocenters. The zero-order valence-electron chi connectivity index (χ0n) is 17.9. The molecule has 3 aliphatic rings. The number of halogens is 1. The molecule has 3 aromatic rings. The predicted molar refractivity (Wildman–Crippen MR) is 129 cm³/mol. The van der Waals surface area contributed by atoms with Gasteiger partial charge in [-0.1, -0.05) is 27.2 Å². The molecule has 1 aromatic heterocycles. The van der Waals surface area contributed by atoms with Gasteiger partial charge in [0, 0.05) is 38.7 Å². The second kappa shape index (κ2) is 7.70. The predicted octanol–water partition coefficient (Wildman–Crippen LogP) is 5.18. The second-order valence-electron chi connectivity index (χ2n) is 8.99. The average molecular weight is 528 g/mol. The van der Waals surface area contributed by atoms with Crippen LogP contribution in [0.4, 0.5) is 11.5 Å². The fourth-order valence-electron chi connectivity index (χ4n) is 4.59. The number of ether oxygens (including phenoxy) is 1. The third-order valence-electron chi connectivity index (χ3n) is 6.72. The maximum Gasteiger partial charge on any atom is 0.227 e. The molecule has 6 rings (SSSR count). The van der Waals surface area contributed by atoms with Crippen molar-refractivity contribution in [3.05, 3.63) is 52.0 Å². The molecule has 0 radical (unpaired) electrons. The minimum absolute atomic E-state index is 0.0131. The summed E-state index contributed by atoms with van der Waals surface area (Å²) in [6.45, 7) is 0. The second-order valence-corrected chi connectivity index (χ2v) is 11.1. The highest BCUT2D eigenvalue weighted by Gasteiger charge is 2.50. The summed E-state index contributed by atoms with van der Waals surface area (Å²) in [6.07, 6.45) is 4.91. The molecule has 2 N–H and O–H groups in total. The van der Waals surface area contributed by atoms with E-state index < -0.39 is 11.0 Å². The van der Waals surface area contributed by atoms with E-state index in [0.717, 1.165) is 53.5 Å². The Morgan fingerprint density at radius 1 is 1.24 bits per heavy atom. The molecule has 9 heteroatoms. The highest BCUT2D eigenvalue weighted by molar-refractivity contribution is 9.10. The summed E-state index contributed by atoms with van der Waals surface area (Å²) in [5.74, 6) is 1.77. The van der Waals surface area contributed by atoms with Gasteiger partial charge in [0.15, 0.2) is 22.6 Å². The number of nitrogens with one attached hydrogen (secondary N) is 2. The van der Waals surface area contributed by atoms with E-state index in [-0.39, 0.29) is 17.2 Å². The molecule has 0 saturated heterocycles. The van der Waals surface area contributed by atoms with Crippen molar-refractivity contribution in [2.75, 3.05) is 17.1 Å². The van der Waals surface area contributed by atoms with Gasteiger partial charge in [-0.05, 0) is 61.9 Å². The van der Waals surface area contributed by atoms with Crippen molar-refractivity contribution >= 4 is 44.3 Å². The van der Waals surface area contributed by atoms with Gasteiger partial charge in [-0.3, -0.25) is 9.52 Å².